The van der Waals surface area contributed by atoms with Crippen molar-refractivity contribution in [2.75, 3.05) is 0 Å². The van der Waals surface area contributed by atoms with E-state index in [4.69, 9.17) is 0 Å². The molecule has 0 aromatic carbocycles. The third kappa shape index (κ3) is 4.11. The molecule has 0 aliphatic heterocycles. The summed E-state index contributed by atoms with van der Waals surface area (Å²) in [5.74, 6) is 0.737. The Morgan fingerprint density at radius 1 is 0.421 bits per heavy atom. The van der Waals surface area contributed by atoms with Crippen molar-refractivity contribution in [1.29, 1.82) is 0 Å². The molecule has 2 N–H and O–H groups in total. The SMILES string of the molecule is CC12CC3(C)CC(C)(C1)CC(NC(=O)C1CCC(C(=O)NC45CC6(C)CC(C)(CC(C)(C6)C4)C5)CC1)(C2)C3. The van der Waals surface area contributed by atoms with Crippen LogP contribution in [0.15, 0.2) is 0 Å². The van der Waals surface area contributed by atoms with E-state index in [0.717, 1.165) is 64.2 Å². The summed E-state index contributed by atoms with van der Waals surface area (Å²) in [6, 6.07) is 0. The first-order valence-electron chi connectivity index (χ1n) is 16.1. The molecule has 0 aromatic heterocycles. The van der Waals surface area contributed by atoms with Crippen LogP contribution in [0.3, 0.4) is 0 Å². The first kappa shape index (κ1) is 25.9. The van der Waals surface area contributed by atoms with Crippen molar-refractivity contribution in [3.63, 3.8) is 0 Å². The highest BCUT2D eigenvalue weighted by atomic mass is 16.2. The van der Waals surface area contributed by atoms with Crippen LogP contribution in [-0.4, -0.2) is 22.9 Å². The highest BCUT2D eigenvalue weighted by Crippen LogP contribution is 2.72. The molecule has 9 saturated carbocycles. The van der Waals surface area contributed by atoms with Crippen molar-refractivity contribution in [3.8, 4) is 0 Å². The number of rotatable bonds is 4. The maximum atomic E-state index is 13.7. The molecule has 0 heterocycles. The second-order valence-electron chi connectivity index (χ2n) is 19.1. The second kappa shape index (κ2) is 7.41. The molecule has 9 aliphatic carbocycles. The molecule has 38 heavy (non-hydrogen) atoms. The highest BCUT2D eigenvalue weighted by Gasteiger charge is 2.66. The molecular weight excluding hydrogens is 468 g/mol. The zero-order chi connectivity index (χ0) is 27.0. The minimum absolute atomic E-state index is 0.000849. The monoisotopic (exact) mass is 522 g/mol. The molecule has 0 atom stereocenters. The maximum Gasteiger partial charge on any atom is 0.223 e. The molecule has 9 rings (SSSR count). The highest BCUT2D eigenvalue weighted by molar-refractivity contribution is 5.82. The lowest BCUT2D eigenvalue weighted by molar-refractivity contribution is -0.168. The van der Waals surface area contributed by atoms with Crippen LogP contribution < -0.4 is 10.6 Å². The molecule has 0 spiro atoms. The van der Waals surface area contributed by atoms with E-state index in [1.807, 2.05) is 0 Å². The van der Waals surface area contributed by atoms with Crippen molar-refractivity contribution in [3.05, 3.63) is 0 Å². The molecule has 0 unspecified atom stereocenters. The molecule has 2 amide bonds. The van der Waals surface area contributed by atoms with Crippen molar-refractivity contribution in [2.24, 2.45) is 44.3 Å². The number of hydrogen-bond acceptors (Lipinski definition) is 2. The third-order valence-corrected chi connectivity index (χ3v) is 13.0. The second-order valence-corrected chi connectivity index (χ2v) is 19.1. The smallest absolute Gasteiger partial charge is 0.223 e. The third-order valence-electron chi connectivity index (χ3n) is 13.0. The van der Waals surface area contributed by atoms with E-state index in [2.05, 4.69) is 52.2 Å². The quantitative estimate of drug-likeness (QED) is 0.407. The lowest BCUT2D eigenvalue weighted by Gasteiger charge is -2.69. The van der Waals surface area contributed by atoms with Gasteiger partial charge in [-0.3, -0.25) is 9.59 Å². The van der Waals surface area contributed by atoms with Crippen LogP contribution >= 0.6 is 0 Å². The Bertz CT molecular complexity index is 877. The van der Waals surface area contributed by atoms with Gasteiger partial charge in [-0.05, 0) is 135 Å². The van der Waals surface area contributed by atoms with Gasteiger partial charge >= 0.3 is 0 Å². The summed E-state index contributed by atoms with van der Waals surface area (Å²) >= 11 is 0. The average molecular weight is 523 g/mol. The van der Waals surface area contributed by atoms with Crippen molar-refractivity contribution in [2.45, 2.75) is 155 Å². The van der Waals surface area contributed by atoms with Gasteiger partial charge in [-0.2, -0.15) is 0 Å². The molecule has 9 aliphatic rings. The summed E-state index contributed by atoms with van der Waals surface area (Å²) in [4.78, 5) is 27.3. The van der Waals surface area contributed by atoms with Gasteiger partial charge in [0.25, 0.3) is 0 Å². The summed E-state index contributed by atoms with van der Waals surface area (Å²) in [6.45, 7) is 14.9. The van der Waals surface area contributed by atoms with Crippen LogP contribution in [0.5, 0.6) is 0 Å². The molecule has 0 aromatic rings. The van der Waals surface area contributed by atoms with E-state index in [1.165, 1.54) is 38.5 Å². The number of hydrogen-bond donors (Lipinski definition) is 2. The van der Waals surface area contributed by atoms with Gasteiger partial charge in [0.2, 0.25) is 11.8 Å². The van der Waals surface area contributed by atoms with Crippen molar-refractivity contribution >= 4 is 11.8 Å². The Kier molecular flexibility index (Phi) is 5.05. The minimum Gasteiger partial charge on any atom is -0.350 e. The standard InChI is InChI=1S/C34H54N2O2/c1-27-11-28(2)13-29(3,12-27)19-33(17-27,18-28)35-25(37)23-7-9-24(10-8-23)26(38)36-34-20-30(4)14-31(5,21-34)16-32(6,15-30)22-34/h23-24H,7-22H2,1-6H3,(H,35,37)(H,36,38). The molecule has 212 valence electrons. The van der Waals surface area contributed by atoms with Crippen LogP contribution in [0.1, 0.15) is 144 Å². The Hall–Kier alpha value is -1.06. The maximum absolute atomic E-state index is 13.7. The van der Waals surface area contributed by atoms with Crippen LogP contribution in [0.25, 0.3) is 0 Å². The van der Waals surface area contributed by atoms with Crippen molar-refractivity contribution in [1.82, 2.24) is 10.6 Å². The number of carbonyl (C=O) groups excluding carboxylic acids is 2. The normalized spacial score (nSPS) is 58.2. The average Bonchev–Trinajstić information content (AvgIpc) is 2.65. The molecule has 0 radical (unpaired) electrons. The number of carbonyl (C=O) groups is 2. The topological polar surface area (TPSA) is 58.2 Å². The van der Waals surface area contributed by atoms with Crippen LogP contribution in [0.2, 0.25) is 0 Å². The van der Waals surface area contributed by atoms with Gasteiger partial charge in [0.05, 0.1) is 0 Å². The fourth-order valence-corrected chi connectivity index (χ4v) is 15.2. The van der Waals surface area contributed by atoms with Gasteiger partial charge in [0.1, 0.15) is 0 Å². The van der Waals surface area contributed by atoms with Crippen LogP contribution in [0, 0.1) is 44.3 Å². The Labute approximate surface area is 231 Å². The Morgan fingerprint density at radius 3 is 0.842 bits per heavy atom. The largest absolute Gasteiger partial charge is 0.350 e. The Balaban J connectivity index is 0.981. The summed E-state index contributed by atoms with van der Waals surface area (Å²) < 4.78 is 0. The summed E-state index contributed by atoms with van der Waals surface area (Å²) in [5.41, 5.74) is 2.27. The zero-order valence-electron chi connectivity index (χ0n) is 25.3. The number of amides is 2. The van der Waals surface area contributed by atoms with E-state index in [1.54, 1.807) is 0 Å². The lowest BCUT2D eigenvalue weighted by Crippen LogP contribution is -2.68. The van der Waals surface area contributed by atoms with E-state index in [-0.39, 0.29) is 34.7 Å². The molecule has 4 heteroatoms. The molecule has 4 nitrogen and oxygen atoms in total. The lowest BCUT2D eigenvalue weighted by atomic mass is 9.38. The van der Waals surface area contributed by atoms with Crippen molar-refractivity contribution < 1.29 is 9.59 Å². The summed E-state index contributed by atoms with van der Waals surface area (Å²) in [5, 5.41) is 7.38. The molecule has 0 saturated heterocycles. The molecule has 9 fully saturated rings. The van der Waals surface area contributed by atoms with Gasteiger partial charge in [0, 0.05) is 22.9 Å². The molecule has 8 bridgehead atoms. The van der Waals surface area contributed by atoms with Gasteiger partial charge in [-0.15, -0.1) is 0 Å². The van der Waals surface area contributed by atoms with E-state index < -0.39 is 0 Å². The van der Waals surface area contributed by atoms with E-state index in [0.29, 0.717) is 32.5 Å². The van der Waals surface area contributed by atoms with Gasteiger partial charge in [-0.25, -0.2) is 0 Å². The van der Waals surface area contributed by atoms with E-state index >= 15 is 0 Å². The molecular formula is C34H54N2O2. The predicted octanol–water partition coefficient (Wildman–Crippen LogP) is 7.30. The Morgan fingerprint density at radius 2 is 0.632 bits per heavy atom. The van der Waals surface area contributed by atoms with E-state index in [9.17, 15) is 9.59 Å². The van der Waals surface area contributed by atoms with Crippen LogP contribution in [-0.2, 0) is 9.59 Å². The summed E-state index contributed by atoms with van der Waals surface area (Å²) in [6.07, 6.45) is 18.4. The van der Waals surface area contributed by atoms with Gasteiger partial charge in [0.15, 0.2) is 0 Å². The van der Waals surface area contributed by atoms with Gasteiger partial charge < -0.3 is 10.6 Å². The number of nitrogens with one attached hydrogen (secondary N) is 2. The first-order valence-corrected chi connectivity index (χ1v) is 16.1. The first-order chi connectivity index (χ1) is 17.5. The minimum atomic E-state index is -0.000849. The van der Waals surface area contributed by atoms with Crippen LogP contribution in [0.4, 0.5) is 0 Å². The zero-order valence-corrected chi connectivity index (χ0v) is 25.3. The fourth-order valence-electron chi connectivity index (χ4n) is 15.2. The fraction of sp³-hybridized carbons (Fsp3) is 0.941. The predicted molar refractivity (Wildman–Crippen MR) is 151 cm³/mol. The van der Waals surface area contributed by atoms with Gasteiger partial charge in [-0.1, -0.05) is 41.5 Å². The summed E-state index contributed by atoms with van der Waals surface area (Å²) in [7, 11) is 0.